The van der Waals surface area contributed by atoms with Gasteiger partial charge in [-0.15, -0.1) is 0 Å². The van der Waals surface area contributed by atoms with Crippen molar-refractivity contribution in [3.8, 4) is 0 Å². The van der Waals surface area contributed by atoms with E-state index in [4.69, 9.17) is 10.5 Å². The third kappa shape index (κ3) is 1.29. The fourth-order valence-corrected chi connectivity index (χ4v) is 2.95. The van der Waals surface area contributed by atoms with E-state index in [1.165, 1.54) is 32.1 Å². The molecular formula is C10H18N2O2. The molecule has 0 aromatic heterocycles. The van der Waals surface area contributed by atoms with Crippen LogP contribution < -0.4 is 5.73 Å². The molecule has 0 aromatic carbocycles. The number of amides is 2. The lowest BCUT2D eigenvalue weighted by Crippen LogP contribution is -2.68. The SMILES string of the molecule is COC1N(C(N)=O)CC12CCCCC2. The number of hydrogen-bond donors (Lipinski definition) is 1. The van der Waals surface area contributed by atoms with Gasteiger partial charge in [0, 0.05) is 19.1 Å². The summed E-state index contributed by atoms with van der Waals surface area (Å²) in [6.07, 6.45) is 6.11. The molecule has 0 bridgehead atoms. The highest BCUT2D eigenvalue weighted by atomic mass is 16.5. The minimum Gasteiger partial charge on any atom is -0.361 e. The van der Waals surface area contributed by atoms with Gasteiger partial charge in [0.25, 0.3) is 0 Å². The van der Waals surface area contributed by atoms with Gasteiger partial charge in [-0.1, -0.05) is 19.3 Å². The van der Waals surface area contributed by atoms with Gasteiger partial charge >= 0.3 is 6.03 Å². The number of rotatable bonds is 1. The lowest BCUT2D eigenvalue weighted by molar-refractivity contribution is -0.196. The van der Waals surface area contributed by atoms with Crippen molar-refractivity contribution in [3.05, 3.63) is 0 Å². The summed E-state index contributed by atoms with van der Waals surface area (Å²) in [5, 5.41) is 0. The Kier molecular flexibility index (Phi) is 2.39. The summed E-state index contributed by atoms with van der Waals surface area (Å²) in [5.74, 6) is 0. The first-order chi connectivity index (χ1) is 6.69. The minimum absolute atomic E-state index is 0.0692. The number of hydrogen-bond acceptors (Lipinski definition) is 2. The number of nitrogens with two attached hydrogens (primary N) is 1. The molecule has 1 aliphatic heterocycles. The van der Waals surface area contributed by atoms with Gasteiger partial charge in [0.1, 0.15) is 6.23 Å². The third-order valence-corrected chi connectivity index (χ3v) is 3.65. The molecule has 1 saturated heterocycles. The topological polar surface area (TPSA) is 55.6 Å². The van der Waals surface area contributed by atoms with Gasteiger partial charge in [0.05, 0.1) is 0 Å². The molecule has 1 heterocycles. The van der Waals surface area contributed by atoms with E-state index in [1.54, 1.807) is 12.0 Å². The quantitative estimate of drug-likeness (QED) is 0.690. The maximum absolute atomic E-state index is 11.0. The average molecular weight is 198 g/mol. The van der Waals surface area contributed by atoms with Crippen molar-refractivity contribution in [2.45, 2.75) is 38.3 Å². The second-order valence-corrected chi connectivity index (χ2v) is 4.48. The van der Waals surface area contributed by atoms with Crippen LogP contribution in [0.25, 0.3) is 0 Å². The van der Waals surface area contributed by atoms with Crippen LogP contribution in [-0.2, 0) is 4.74 Å². The fraction of sp³-hybridized carbons (Fsp3) is 0.900. The molecule has 1 atom stereocenters. The van der Waals surface area contributed by atoms with E-state index in [0.717, 1.165) is 6.54 Å². The van der Waals surface area contributed by atoms with Crippen molar-refractivity contribution in [2.75, 3.05) is 13.7 Å². The van der Waals surface area contributed by atoms with Crippen LogP contribution in [0.15, 0.2) is 0 Å². The standard InChI is InChI=1S/C10H18N2O2/c1-14-8-10(5-3-2-4-6-10)7-12(8)9(11)13/h8H,2-7H2,1H3,(H2,11,13). The van der Waals surface area contributed by atoms with Gasteiger partial charge in [-0.05, 0) is 12.8 Å². The number of carbonyl (C=O) groups excluding carboxylic acids is 1. The van der Waals surface area contributed by atoms with Crippen LogP contribution in [0, 0.1) is 5.41 Å². The summed E-state index contributed by atoms with van der Waals surface area (Å²) >= 11 is 0. The molecule has 1 aliphatic carbocycles. The molecular weight excluding hydrogens is 180 g/mol. The second-order valence-electron chi connectivity index (χ2n) is 4.48. The highest BCUT2D eigenvalue weighted by Crippen LogP contribution is 2.48. The molecule has 0 aromatic rings. The smallest absolute Gasteiger partial charge is 0.316 e. The predicted molar refractivity (Wildman–Crippen MR) is 52.6 cm³/mol. The molecule has 2 aliphatic rings. The van der Waals surface area contributed by atoms with E-state index < -0.39 is 0 Å². The second kappa shape index (κ2) is 3.42. The van der Waals surface area contributed by atoms with Crippen LogP contribution in [0.5, 0.6) is 0 Å². The van der Waals surface area contributed by atoms with Crippen molar-refractivity contribution in [3.63, 3.8) is 0 Å². The summed E-state index contributed by atoms with van der Waals surface area (Å²) in [4.78, 5) is 12.7. The molecule has 14 heavy (non-hydrogen) atoms. The molecule has 4 nitrogen and oxygen atoms in total. The normalized spacial score (nSPS) is 30.1. The molecule has 2 N–H and O–H groups in total. The average Bonchev–Trinajstić information content (AvgIpc) is 2.16. The molecule has 1 saturated carbocycles. The molecule has 1 spiro atoms. The number of carbonyl (C=O) groups is 1. The van der Waals surface area contributed by atoms with Gasteiger partial charge in [-0.2, -0.15) is 0 Å². The Labute approximate surface area is 84.4 Å². The lowest BCUT2D eigenvalue weighted by atomic mass is 9.67. The minimum atomic E-state index is -0.354. The summed E-state index contributed by atoms with van der Waals surface area (Å²) in [6, 6.07) is -0.354. The lowest BCUT2D eigenvalue weighted by Gasteiger charge is -2.57. The van der Waals surface area contributed by atoms with Crippen LogP contribution >= 0.6 is 0 Å². The summed E-state index contributed by atoms with van der Waals surface area (Å²) in [5.41, 5.74) is 5.48. The van der Waals surface area contributed by atoms with Crippen LogP contribution in [0.4, 0.5) is 4.79 Å². The highest BCUT2D eigenvalue weighted by molar-refractivity contribution is 5.73. The Morgan fingerprint density at radius 2 is 2.07 bits per heavy atom. The molecule has 4 heteroatoms. The molecule has 1 unspecified atom stereocenters. The summed E-state index contributed by atoms with van der Waals surface area (Å²) < 4.78 is 5.38. The van der Waals surface area contributed by atoms with E-state index in [1.807, 2.05) is 0 Å². The Morgan fingerprint density at radius 3 is 2.57 bits per heavy atom. The molecule has 2 amide bonds. The highest BCUT2D eigenvalue weighted by Gasteiger charge is 2.54. The van der Waals surface area contributed by atoms with Crippen molar-refractivity contribution in [1.82, 2.24) is 4.90 Å². The predicted octanol–water partition coefficient (Wildman–Crippen LogP) is 1.30. The van der Waals surface area contributed by atoms with Crippen LogP contribution in [0.2, 0.25) is 0 Å². The van der Waals surface area contributed by atoms with Gasteiger partial charge < -0.3 is 10.5 Å². The fourth-order valence-electron chi connectivity index (χ4n) is 2.95. The zero-order chi connectivity index (χ0) is 10.2. The number of likely N-dealkylation sites (tertiary alicyclic amines) is 1. The number of ether oxygens (including phenoxy) is 1. The maximum Gasteiger partial charge on any atom is 0.316 e. The number of urea groups is 1. The van der Waals surface area contributed by atoms with Crippen LogP contribution in [-0.4, -0.2) is 30.8 Å². The molecule has 2 fully saturated rings. The Bertz CT molecular complexity index is 236. The van der Waals surface area contributed by atoms with Gasteiger partial charge in [0.15, 0.2) is 0 Å². The van der Waals surface area contributed by atoms with Gasteiger partial charge in [0.2, 0.25) is 0 Å². The van der Waals surface area contributed by atoms with Crippen LogP contribution in [0.1, 0.15) is 32.1 Å². The molecule has 2 rings (SSSR count). The maximum atomic E-state index is 11.0. The van der Waals surface area contributed by atoms with Crippen molar-refractivity contribution < 1.29 is 9.53 Å². The van der Waals surface area contributed by atoms with E-state index in [2.05, 4.69) is 0 Å². The van der Waals surface area contributed by atoms with E-state index in [9.17, 15) is 4.79 Å². The van der Waals surface area contributed by atoms with Crippen molar-refractivity contribution in [1.29, 1.82) is 0 Å². The third-order valence-electron chi connectivity index (χ3n) is 3.65. The Balaban J connectivity index is 2.05. The van der Waals surface area contributed by atoms with Crippen molar-refractivity contribution >= 4 is 6.03 Å². The monoisotopic (exact) mass is 198 g/mol. The number of primary amides is 1. The van der Waals surface area contributed by atoms with Gasteiger partial charge in [-0.25, -0.2) is 4.79 Å². The first-order valence-corrected chi connectivity index (χ1v) is 5.28. The molecule has 0 radical (unpaired) electrons. The molecule has 80 valence electrons. The van der Waals surface area contributed by atoms with Crippen LogP contribution in [0.3, 0.4) is 0 Å². The first kappa shape index (κ1) is 9.77. The van der Waals surface area contributed by atoms with Crippen molar-refractivity contribution in [2.24, 2.45) is 11.1 Å². The summed E-state index contributed by atoms with van der Waals surface area (Å²) in [7, 11) is 1.66. The van der Waals surface area contributed by atoms with E-state index in [-0.39, 0.29) is 17.7 Å². The largest absolute Gasteiger partial charge is 0.361 e. The van der Waals surface area contributed by atoms with E-state index in [0.29, 0.717) is 0 Å². The number of nitrogens with zero attached hydrogens (tertiary/aromatic N) is 1. The van der Waals surface area contributed by atoms with E-state index >= 15 is 0 Å². The number of methoxy groups -OCH3 is 1. The summed E-state index contributed by atoms with van der Waals surface area (Å²) in [6.45, 7) is 0.792. The first-order valence-electron chi connectivity index (χ1n) is 5.28. The van der Waals surface area contributed by atoms with Gasteiger partial charge in [-0.3, -0.25) is 4.90 Å². The Morgan fingerprint density at radius 1 is 1.43 bits per heavy atom. The zero-order valence-corrected chi connectivity index (χ0v) is 8.66. The zero-order valence-electron chi connectivity index (χ0n) is 8.66. The Hall–Kier alpha value is -0.770.